The van der Waals surface area contributed by atoms with Crippen molar-refractivity contribution in [1.29, 1.82) is 0 Å². The maximum atomic E-state index is 12.2. The molecule has 1 aliphatic carbocycles. The van der Waals surface area contributed by atoms with Crippen molar-refractivity contribution >= 4 is 26.9 Å². The van der Waals surface area contributed by atoms with Crippen molar-refractivity contribution < 1.29 is 8.42 Å². The standard InChI is InChI=1S/C30H38N6O2S/c1-5-21-16-24(30(15-7-8-20(2)35-30)23-9-6-10-27(18-23)39(31,37)38)17-22-19-32-29(34-28(21)22)33-25-11-13-26(14-12-25)36(3)4/h6-10,15-19,25-26,35H,5,11-14H2,1-4H3,(H2,31,37,38)(H,32,33,34). The van der Waals surface area contributed by atoms with E-state index in [0.717, 1.165) is 52.6 Å². The van der Waals surface area contributed by atoms with Gasteiger partial charge in [-0.2, -0.15) is 0 Å². The predicted octanol–water partition coefficient (Wildman–Crippen LogP) is 4.43. The molecular weight excluding hydrogens is 508 g/mol. The van der Waals surface area contributed by atoms with Crippen LogP contribution in [-0.2, 0) is 22.0 Å². The summed E-state index contributed by atoms with van der Waals surface area (Å²) < 4.78 is 24.3. The molecule has 0 bridgehead atoms. The van der Waals surface area contributed by atoms with Gasteiger partial charge in [0.05, 0.1) is 10.4 Å². The number of primary sulfonamides is 1. The van der Waals surface area contributed by atoms with Crippen LogP contribution in [0.1, 0.15) is 56.2 Å². The van der Waals surface area contributed by atoms with Crippen LogP contribution in [0, 0.1) is 0 Å². The number of aromatic nitrogens is 2. The van der Waals surface area contributed by atoms with Gasteiger partial charge in [-0.25, -0.2) is 23.5 Å². The van der Waals surface area contributed by atoms with Gasteiger partial charge in [-0.1, -0.05) is 37.3 Å². The summed E-state index contributed by atoms with van der Waals surface area (Å²) in [5, 5.41) is 13.6. The molecule has 9 heteroatoms. The third kappa shape index (κ3) is 5.57. The molecule has 1 atom stereocenters. The molecule has 1 aromatic heterocycles. The van der Waals surface area contributed by atoms with Gasteiger partial charge in [-0.15, -0.1) is 0 Å². The minimum absolute atomic E-state index is 0.0805. The topological polar surface area (TPSA) is 113 Å². The van der Waals surface area contributed by atoms with Crippen molar-refractivity contribution in [2.24, 2.45) is 5.14 Å². The largest absolute Gasteiger partial charge is 0.372 e. The molecule has 1 unspecified atom stereocenters. The molecule has 3 aromatic rings. The lowest BCUT2D eigenvalue weighted by atomic mass is 9.79. The van der Waals surface area contributed by atoms with Crippen molar-refractivity contribution in [1.82, 2.24) is 20.2 Å². The van der Waals surface area contributed by atoms with Crippen LogP contribution in [0.5, 0.6) is 0 Å². The maximum absolute atomic E-state index is 12.2. The number of anilines is 1. The Morgan fingerprint density at radius 1 is 1.13 bits per heavy atom. The Bertz CT molecular complexity index is 1540. The molecule has 1 fully saturated rings. The van der Waals surface area contributed by atoms with Crippen molar-refractivity contribution in [2.75, 3.05) is 19.4 Å². The fraction of sp³-hybridized carbons (Fsp3) is 0.400. The first-order chi connectivity index (χ1) is 18.6. The van der Waals surface area contributed by atoms with Gasteiger partial charge in [0.15, 0.2) is 0 Å². The van der Waals surface area contributed by atoms with Crippen LogP contribution in [-0.4, -0.2) is 49.5 Å². The minimum atomic E-state index is -3.85. The number of hydrogen-bond acceptors (Lipinski definition) is 7. The van der Waals surface area contributed by atoms with E-state index in [4.69, 9.17) is 15.1 Å². The number of hydrogen-bond donors (Lipinski definition) is 3. The Morgan fingerprint density at radius 3 is 2.56 bits per heavy atom. The summed E-state index contributed by atoms with van der Waals surface area (Å²) in [6, 6.07) is 12.1. The van der Waals surface area contributed by atoms with Crippen LogP contribution in [0.25, 0.3) is 10.9 Å². The van der Waals surface area contributed by atoms with Crippen molar-refractivity contribution in [2.45, 2.75) is 68.5 Å². The molecule has 4 N–H and O–H groups in total. The molecule has 1 aliphatic heterocycles. The summed E-state index contributed by atoms with van der Waals surface area (Å²) in [5.74, 6) is 0.670. The molecule has 2 aromatic carbocycles. The van der Waals surface area contributed by atoms with Gasteiger partial charge in [0, 0.05) is 29.4 Å². The zero-order valence-electron chi connectivity index (χ0n) is 23.1. The summed E-state index contributed by atoms with van der Waals surface area (Å²) >= 11 is 0. The zero-order valence-corrected chi connectivity index (χ0v) is 23.9. The first-order valence-corrected chi connectivity index (χ1v) is 15.1. The average Bonchev–Trinajstić information content (AvgIpc) is 2.92. The van der Waals surface area contributed by atoms with Gasteiger partial charge < -0.3 is 15.5 Å². The Hall–Kier alpha value is -3.27. The molecule has 0 saturated heterocycles. The molecule has 0 spiro atoms. The molecule has 2 aliphatic rings. The number of aryl methyl sites for hydroxylation is 1. The Balaban J connectivity index is 1.53. The number of dihydropyridines is 1. The van der Waals surface area contributed by atoms with Crippen LogP contribution in [0.4, 0.5) is 5.95 Å². The number of nitrogens with two attached hydrogens (primary N) is 1. The van der Waals surface area contributed by atoms with E-state index < -0.39 is 15.6 Å². The van der Waals surface area contributed by atoms with E-state index in [0.29, 0.717) is 18.0 Å². The second-order valence-corrected chi connectivity index (χ2v) is 12.5. The molecule has 206 valence electrons. The van der Waals surface area contributed by atoms with Crippen LogP contribution >= 0.6 is 0 Å². The first-order valence-electron chi connectivity index (χ1n) is 13.6. The fourth-order valence-electron chi connectivity index (χ4n) is 5.86. The Labute approximate surface area is 231 Å². The van der Waals surface area contributed by atoms with Crippen LogP contribution in [0.15, 0.2) is 71.4 Å². The third-order valence-electron chi connectivity index (χ3n) is 8.06. The van der Waals surface area contributed by atoms with Crippen LogP contribution in [0.2, 0.25) is 0 Å². The van der Waals surface area contributed by atoms with Gasteiger partial charge in [-0.05, 0) is 94.1 Å². The second-order valence-electron chi connectivity index (χ2n) is 10.9. The number of benzene rings is 2. The highest BCUT2D eigenvalue weighted by Gasteiger charge is 2.34. The number of fused-ring (bicyclic) bond motifs is 1. The molecule has 1 saturated carbocycles. The molecule has 8 nitrogen and oxygen atoms in total. The highest BCUT2D eigenvalue weighted by molar-refractivity contribution is 7.89. The van der Waals surface area contributed by atoms with Gasteiger partial charge in [0.2, 0.25) is 16.0 Å². The number of nitrogens with zero attached hydrogens (tertiary/aromatic N) is 3. The third-order valence-corrected chi connectivity index (χ3v) is 8.97. The van der Waals surface area contributed by atoms with Gasteiger partial charge in [-0.3, -0.25) is 0 Å². The van der Waals surface area contributed by atoms with E-state index in [1.165, 1.54) is 18.9 Å². The smallest absolute Gasteiger partial charge is 0.238 e. The predicted molar refractivity (Wildman–Crippen MR) is 157 cm³/mol. The molecule has 5 rings (SSSR count). The van der Waals surface area contributed by atoms with E-state index in [-0.39, 0.29) is 4.90 Å². The van der Waals surface area contributed by atoms with Crippen molar-refractivity contribution in [3.63, 3.8) is 0 Å². The highest BCUT2D eigenvalue weighted by atomic mass is 32.2. The molecule has 0 radical (unpaired) electrons. The average molecular weight is 547 g/mol. The lowest BCUT2D eigenvalue weighted by Gasteiger charge is -2.37. The minimum Gasteiger partial charge on any atom is -0.372 e. The lowest BCUT2D eigenvalue weighted by Crippen LogP contribution is -2.42. The van der Waals surface area contributed by atoms with Crippen LogP contribution < -0.4 is 15.8 Å². The zero-order chi connectivity index (χ0) is 27.8. The van der Waals surface area contributed by atoms with E-state index in [2.05, 4.69) is 54.8 Å². The molecule has 2 heterocycles. The van der Waals surface area contributed by atoms with Crippen molar-refractivity contribution in [3.05, 3.63) is 83.2 Å². The normalized spacial score (nSPS) is 23.5. The van der Waals surface area contributed by atoms with E-state index >= 15 is 0 Å². The fourth-order valence-corrected chi connectivity index (χ4v) is 6.42. The summed E-state index contributed by atoms with van der Waals surface area (Å²) in [7, 11) is 0.456. The Morgan fingerprint density at radius 2 is 1.90 bits per heavy atom. The maximum Gasteiger partial charge on any atom is 0.238 e. The molecular formula is C30H38N6O2S. The van der Waals surface area contributed by atoms with Crippen LogP contribution in [0.3, 0.4) is 0 Å². The summed E-state index contributed by atoms with van der Waals surface area (Å²) in [4.78, 5) is 12.1. The number of rotatable bonds is 7. The van der Waals surface area contributed by atoms with E-state index in [1.807, 2.05) is 31.3 Å². The number of nitrogens with one attached hydrogen (secondary N) is 2. The summed E-state index contributed by atoms with van der Waals surface area (Å²) in [6.45, 7) is 4.12. The van der Waals surface area contributed by atoms with Gasteiger partial charge >= 0.3 is 0 Å². The number of sulfonamides is 1. The van der Waals surface area contributed by atoms with Gasteiger partial charge in [0.1, 0.15) is 5.54 Å². The highest BCUT2D eigenvalue weighted by Crippen LogP contribution is 2.38. The van der Waals surface area contributed by atoms with E-state index in [9.17, 15) is 8.42 Å². The van der Waals surface area contributed by atoms with E-state index in [1.54, 1.807) is 12.1 Å². The van der Waals surface area contributed by atoms with Crippen molar-refractivity contribution in [3.8, 4) is 0 Å². The second kappa shape index (κ2) is 10.7. The molecule has 39 heavy (non-hydrogen) atoms. The quantitative estimate of drug-likeness (QED) is 0.402. The SMILES string of the molecule is CCc1cc(C2(c3cccc(S(N)(=O)=O)c3)C=CC=C(C)N2)cc2cnc(NC3CCC(N(C)C)CC3)nc12. The monoisotopic (exact) mass is 546 g/mol. The van der Waals surface area contributed by atoms with Gasteiger partial charge in [0.25, 0.3) is 0 Å². The number of allylic oxidation sites excluding steroid dienone is 3. The summed E-state index contributed by atoms with van der Waals surface area (Å²) in [6.07, 6.45) is 13.3. The lowest BCUT2D eigenvalue weighted by molar-refractivity contribution is 0.221. The molecule has 0 amide bonds. The Kier molecular flexibility index (Phi) is 7.50. The summed E-state index contributed by atoms with van der Waals surface area (Å²) in [5.41, 5.74) is 3.99. The first kappa shape index (κ1) is 27.3.